The molecule has 1 heterocycles. The van der Waals surface area contributed by atoms with E-state index < -0.39 is 18.0 Å². The molecule has 0 unspecified atom stereocenters. The minimum absolute atomic E-state index is 0.0186. The van der Waals surface area contributed by atoms with Gasteiger partial charge in [-0.1, -0.05) is 11.6 Å². The summed E-state index contributed by atoms with van der Waals surface area (Å²) < 4.78 is 16.3. The van der Waals surface area contributed by atoms with Crippen LogP contribution >= 0.6 is 11.6 Å². The Balaban J connectivity index is 1.34. The summed E-state index contributed by atoms with van der Waals surface area (Å²) in [4.78, 5) is 39.3. The first kappa shape index (κ1) is 24.3. The predicted octanol–water partition coefficient (Wildman–Crippen LogP) is 5.31. The predicted molar refractivity (Wildman–Crippen MR) is 131 cm³/mol. The van der Waals surface area contributed by atoms with Crippen molar-refractivity contribution in [2.75, 3.05) is 18.6 Å². The van der Waals surface area contributed by atoms with Gasteiger partial charge in [-0.05, 0) is 79.7 Å². The molecule has 0 aliphatic carbocycles. The van der Waals surface area contributed by atoms with Gasteiger partial charge in [0.1, 0.15) is 17.2 Å². The third kappa shape index (κ3) is 5.81. The highest BCUT2D eigenvalue weighted by atomic mass is 35.5. The lowest BCUT2D eigenvalue weighted by molar-refractivity contribution is -0.151. The summed E-state index contributed by atoms with van der Waals surface area (Å²) in [5.74, 6) is 0.249. The molecule has 0 aromatic heterocycles. The molecule has 1 amide bonds. The lowest BCUT2D eigenvalue weighted by Gasteiger charge is -2.18. The van der Waals surface area contributed by atoms with Crippen molar-refractivity contribution in [1.82, 2.24) is 0 Å². The maximum Gasteiger partial charge on any atom is 0.312 e. The fourth-order valence-electron chi connectivity index (χ4n) is 3.76. The van der Waals surface area contributed by atoms with E-state index in [4.69, 9.17) is 25.8 Å². The molecule has 0 saturated carbocycles. The summed E-state index contributed by atoms with van der Waals surface area (Å²) in [7, 11) is 1.60. The number of carbonyl (C=O) groups is 3. The fraction of sp³-hybridized carbons (Fsp3) is 0.222. The van der Waals surface area contributed by atoms with Crippen LogP contribution in [0.15, 0.2) is 72.8 Å². The Morgan fingerprint density at radius 1 is 0.914 bits per heavy atom. The van der Waals surface area contributed by atoms with E-state index in [1.807, 2.05) is 0 Å². The number of ketones is 1. The molecular formula is C27H24ClNO6. The molecule has 180 valence electrons. The summed E-state index contributed by atoms with van der Waals surface area (Å²) in [6, 6.07) is 20.6. The minimum Gasteiger partial charge on any atom is -0.497 e. The van der Waals surface area contributed by atoms with E-state index in [0.29, 0.717) is 27.8 Å². The highest BCUT2D eigenvalue weighted by molar-refractivity contribution is 6.30. The van der Waals surface area contributed by atoms with Gasteiger partial charge in [-0.15, -0.1) is 0 Å². The first-order valence-corrected chi connectivity index (χ1v) is 11.4. The van der Waals surface area contributed by atoms with E-state index in [-0.39, 0.29) is 24.7 Å². The lowest BCUT2D eigenvalue weighted by Crippen LogP contribution is -2.30. The molecule has 7 nitrogen and oxygen atoms in total. The van der Waals surface area contributed by atoms with Crippen molar-refractivity contribution in [3.05, 3.63) is 83.4 Å². The number of benzene rings is 3. The Morgan fingerprint density at radius 2 is 1.49 bits per heavy atom. The monoisotopic (exact) mass is 493 g/mol. The summed E-state index contributed by atoms with van der Waals surface area (Å²) in [6.45, 7) is 1.70. The molecule has 1 saturated heterocycles. The van der Waals surface area contributed by atoms with Crippen molar-refractivity contribution in [2.24, 2.45) is 5.92 Å². The smallest absolute Gasteiger partial charge is 0.312 e. The number of anilines is 1. The molecule has 35 heavy (non-hydrogen) atoms. The molecule has 0 N–H and O–H groups in total. The van der Waals surface area contributed by atoms with Crippen LogP contribution in [0, 0.1) is 5.92 Å². The van der Waals surface area contributed by atoms with Gasteiger partial charge < -0.3 is 19.1 Å². The number of Topliss-reactive ketones (excluding diaryl/α,β-unsaturated/α-hetero) is 1. The Kier molecular flexibility index (Phi) is 7.36. The lowest BCUT2D eigenvalue weighted by atomic mass is 10.1. The number of methoxy groups -OCH3 is 1. The van der Waals surface area contributed by atoms with Gasteiger partial charge in [-0.2, -0.15) is 0 Å². The van der Waals surface area contributed by atoms with E-state index in [1.54, 1.807) is 79.9 Å². The fourth-order valence-corrected chi connectivity index (χ4v) is 3.89. The van der Waals surface area contributed by atoms with Crippen LogP contribution < -0.4 is 14.4 Å². The van der Waals surface area contributed by atoms with Crippen LogP contribution in [0.5, 0.6) is 17.2 Å². The Hall–Kier alpha value is -3.84. The molecule has 8 heteroatoms. The number of carbonyl (C=O) groups excluding carboxylic acids is 3. The Morgan fingerprint density at radius 3 is 2.09 bits per heavy atom. The normalized spacial score (nSPS) is 16.0. The van der Waals surface area contributed by atoms with Crippen molar-refractivity contribution in [2.45, 2.75) is 19.4 Å². The topological polar surface area (TPSA) is 82.1 Å². The van der Waals surface area contributed by atoms with E-state index in [2.05, 4.69) is 0 Å². The SMILES string of the molecule is COc1ccc(Oc2ccc(N3C[C@@H](C(=O)O[C@H](C)C(=O)c4ccc(Cl)cc4)CC3=O)cc2)cc1. The van der Waals surface area contributed by atoms with Gasteiger partial charge >= 0.3 is 5.97 Å². The number of hydrogen-bond donors (Lipinski definition) is 0. The zero-order chi connectivity index (χ0) is 24.9. The maximum atomic E-state index is 12.7. The maximum absolute atomic E-state index is 12.7. The van der Waals surface area contributed by atoms with E-state index in [9.17, 15) is 14.4 Å². The van der Waals surface area contributed by atoms with Gasteiger partial charge in [0.15, 0.2) is 6.10 Å². The molecule has 3 aromatic carbocycles. The van der Waals surface area contributed by atoms with Crippen molar-refractivity contribution >= 4 is 34.9 Å². The van der Waals surface area contributed by atoms with Crippen molar-refractivity contribution in [1.29, 1.82) is 0 Å². The third-order valence-corrected chi connectivity index (χ3v) is 5.94. The summed E-state index contributed by atoms with van der Waals surface area (Å²) in [5, 5.41) is 0.510. The van der Waals surface area contributed by atoms with Crippen LogP contribution in [-0.2, 0) is 14.3 Å². The van der Waals surface area contributed by atoms with Crippen LogP contribution in [0.3, 0.4) is 0 Å². The Labute approximate surface area is 208 Å². The number of hydrogen-bond acceptors (Lipinski definition) is 6. The van der Waals surface area contributed by atoms with Gasteiger partial charge in [-0.3, -0.25) is 14.4 Å². The zero-order valence-electron chi connectivity index (χ0n) is 19.3. The second kappa shape index (κ2) is 10.6. The molecule has 3 aromatic rings. The van der Waals surface area contributed by atoms with Crippen molar-refractivity contribution in [3.8, 4) is 17.2 Å². The number of rotatable bonds is 8. The number of amides is 1. The highest BCUT2D eigenvalue weighted by Crippen LogP contribution is 2.30. The summed E-state index contributed by atoms with van der Waals surface area (Å²) in [6.07, 6.45) is -0.952. The van der Waals surface area contributed by atoms with Gasteiger partial charge in [0.2, 0.25) is 11.7 Å². The molecule has 1 aliphatic heterocycles. The van der Waals surface area contributed by atoms with Crippen molar-refractivity contribution < 1.29 is 28.6 Å². The van der Waals surface area contributed by atoms with Crippen LogP contribution in [0.25, 0.3) is 0 Å². The minimum atomic E-state index is -0.970. The molecular weight excluding hydrogens is 470 g/mol. The van der Waals surface area contributed by atoms with E-state index in [1.165, 1.54) is 11.8 Å². The number of esters is 1. The van der Waals surface area contributed by atoms with Gasteiger partial charge in [-0.25, -0.2) is 0 Å². The number of nitrogens with zero attached hydrogens (tertiary/aromatic N) is 1. The highest BCUT2D eigenvalue weighted by Gasteiger charge is 2.37. The van der Waals surface area contributed by atoms with Gasteiger partial charge in [0, 0.05) is 29.2 Å². The largest absolute Gasteiger partial charge is 0.497 e. The average molecular weight is 494 g/mol. The molecule has 0 bridgehead atoms. The molecule has 1 fully saturated rings. The first-order chi connectivity index (χ1) is 16.8. The molecule has 4 rings (SSSR count). The quantitative estimate of drug-likeness (QED) is 0.312. The molecule has 0 spiro atoms. The standard InChI is InChI=1S/C27H24ClNO6/c1-17(26(31)18-3-5-20(28)6-4-18)34-27(32)19-15-25(30)29(16-19)21-7-9-23(10-8-21)35-24-13-11-22(33-2)12-14-24/h3-14,17,19H,15-16H2,1-2H3/t17-,19+/m1/s1. The van der Waals surface area contributed by atoms with Crippen LogP contribution in [-0.4, -0.2) is 37.4 Å². The zero-order valence-corrected chi connectivity index (χ0v) is 20.0. The van der Waals surface area contributed by atoms with Crippen LogP contribution in [0.1, 0.15) is 23.7 Å². The van der Waals surface area contributed by atoms with E-state index >= 15 is 0 Å². The summed E-state index contributed by atoms with van der Waals surface area (Å²) >= 11 is 5.85. The average Bonchev–Trinajstić information content (AvgIpc) is 3.26. The second-order valence-electron chi connectivity index (χ2n) is 8.13. The van der Waals surface area contributed by atoms with Crippen LogP contribution in [0.4, 0.5) is 5.69 Å². The van der Waals surface area contributed by atoms with Crippen LogP contribution in [0.2, 0.25) is 5.02 Å². The second-order valence-corrected chi connectivity index (χ2v) is 8.56. The number of halogens is 1. The summed E-state index contributed by atoms with van der Waals surface area (Å²) in [5.41, 5.74) is 1.05. The number of ether oxygens (including phenoxy) is 3. The first-order valence-electron chi connectivity index (χ1n) is 11.1. The van der Waals surface area contributed by atoms with Crippen molar-refractivity contribution in [3.63, 3.8) is 0 Å². The molecule has 0 radical (unpaired) electrons. The third-order valence-electron chi connectivity index (χ3n) is 5.69. The molecule has 1 aliphatic rings. The Bertz CT molecular complexity index is 1210. The van der Waals surface area contributed by atoms with E-state index in [0.717, 1.165) is 5.75 Å². The van der Waals surface area contributed by atoms with Gasteiger partial charge in [0.25, 0.3) is 0 Å². The van der Waals surface area contributed by atoms with Gasteiger partial charge in [0.05, 0.1) is 13.0 Å². The molecule has 2 atom stereocenters.